The molecule has 0 unspecified atom stereocenters. The summed E-state index contributed by atoms with van der Waals surface area (Å²) in [6.07, 6.45) is 0. The van der Waals surface area contributed by atoms with Gasteiger partial charge in [0.25, 0.3) is 0 Å². The summed E-state index contributed by atoms with van der Waals surface area (Å²) in [5, 5.41) is 21.5. The Hall–Kier alpha value is -2.17. The van der Waals surface area contributed by atoms with Gasteiger partial charge in [0, 0.05) is 0 Å². The van der Waals surface area contributed by atoms with Crippen LogP contribution in [0.25, 0.3) is 0 Å². The van der Waals surface area contributed by atoms with Crippen molar-refractivity contribution in [2.45, 2.75) is 18.4 Å². The largest absolute Gasteiger partial charge is 0.394 e. The third kappa shape index (κ3) is 3.72. The van der Waals surface area contributed by atoms with Gasteiger partial charge in [0.15, 0.2) is 0 Å². The zero-order valence-electron chi connectivity index (χ0n) is 12.6. The number of hydrogen-bond donors (Lipinski definition) is 3. The molecule has 0 aliphatic rings. The van der Waals surface area contributed by atoms with Gasteiger partial charge < -0.3 is 15.5 Å². The molecule has 22 heavy (non-hydrogen) atoms. The van der Waals surface area contributed by atoms with Crippen LogP contribution in [0.15, 0.2) is 60.7 Å². The molecule has 0 fully saturated rings. The minimum atomic E-state index is -1.04. The summed E-state index contributed by atoms with van der Waals surface area (Å²) in [5.74, 6) is -0.733. The number of aliphatic hydroxyl groups is 2. The second-order valence-electron chi connectivity index (χ2n) is 5.62. The second-order valence-corrected chi connectivity index (χ2v) is 5.62. The van der Waals surface area contributed by atoms with Crippen LogP contribution in [0.1, 0.15) is 24.0 Å². The van der Waals surface area contributed by atoms with E-state index >= 15 is 0 Å². The fraction of sp³-hybridized carbons (Fsp3) is 0.278. The molecule has 4 heteroatoms. The lowest BCUT2D eigenvalue weighted by Crippen LogP contribution is -2.53. The number of hydrogen-bond acceptors (Lipinski definition) is 3. The van der Waals surface area contributed by atoms with Crippen molar-refractivity contribution in [2.75, 3.05) is 13.2 Å². The lowest BCUT2D eigenvalue weighted by atomic mass is 9.89. The van der Waals surface area contributed by atoms with E-state index in [1.165, 1.54) is 0 Å². The van der Waals surface area contributed by atoms with E-state index in [0.717, 1.165) is 11.1 Å². The van der Waals surface area contributed by atoms with Gasteiger partial charge in [-0.2, -0.15) is 0 Å². The van der Waals surface area contributed by atoms with E-state index in [1.54, 1.807) is 6.92 Å². The molecular formula is C18H21NO3. The van der Waals surface area contributed by atoms with Crippen molar-refractivity contribution in [3.63, 3.8) is 0 Å². The maximum atomic E-state index is 12.7. The number of aliphatic hydroxyl groups excluding tert-OH is 2. The quantitative estimate of drug-likeness (QED) is 0.760. The van der Waals surface area contributed by atoms with Crippen LogP contribution in [-0.4, -0.2) is 34.9 Å². The molecule has 1 amide bonds. The maximum Gasteiger partial charge on any atom is 0.232 e. The van der Waals surface area contributed by atoms with Gasteiger partial charge in [-0.15, -0.1) is 0 Å². The molecule has 0 bridgehead atoms. The number of carbonyl (C=O) groups excluding carboxylic acids is 1. The maximum absolute atomic E-state index is 12.7. The zero-order valence-corrected chi connectivity index (χ0v) is 12.6. The van der Waals surface area contributed by atoms with Crippen molar-refractivity contribution in [1.82, 2.24) is 5.32 Å². The number of nitrogens with one attached hydrogen (secondary N) is 1. The summed E-state index contributed by atoms with van der Waals surface area (Å²) in [6, 6.07) is 18.9. The standard InChI is InChI=1S/C18H21NO3/c1-18(12-20,13-21)19-17(22)16(14-8-4-2-5-9-14)15-10-6-3-7-11-15/h2-11,16,20-21H,12-13H2,1H3,(H,19,22). The Morgan fingerprint density at radius 3 is 1.73 bits per heavy atom. The SMILES string of the molecule is CC(CO)(CO)NC(=O)C(c1ccccc1)c1ccccc1. The highest BCUT2D eigenvalue weighted by molar-refractivity contribution is 5.87. The molecule has 4 nitrogen and oxygen atoms in total. The minimum absolute atomic E-state index is 0.247. The van der Waals surface area contributed by atoms with Gasteiger partial charge in [0.05, 0.1) is 24.7 Å². The number of benzene rings is 2. The van der Waals surface area contributed by atoms with Gasteiger partial charge >= 0.3 is 0 Å². The Kier molecular flexibility index (Phi) is 5.31. The Morgan fingerprint density at radius 2 is 1.36 bits per heavy atom. The molecule has 0 atom stereocenters. The molecule has 0 radical (unpaired) electrons. The topological polar surface area (TPSA) is 69.6 Å². The van der Waals surface area contributed by atoms with E-state index in [1.807, 2.05) is 60.7 Å². The summed E-state index contributed by atoms with van der Waals surface area (Å²) in [5.41, 5.74) is 0.688. The van der Waals surface area contributed by atoms with E-state index in [-0.39, 0.29) is 19.1 Å². The molecule has 0 aliphatic heterocycles. The van der Waals surface area contributed by atoms with Crippen LogP contribution in [0.3, 0.4) is 0 Å². The highest BCUT2D eigenvalue weighted by Crippen LogP contribution is 2.25. The van der Waals surface area contributed by atoms with Crippen molar-refractivity contribution < 1.29 is 15.0 Å². The highest BCUT2D eigenvalue weighted by Gasteiger charge is 2.30. The molecule has 0 saturated heterocycles. The van der Waals surface area contributed by atoms with Gasteiger partial charge in [0.2, 0.25) is 5.91 Å². The first-order chi connectivity index (χ1) is 10.6. The summed E-state index contributed by atoms with van der Waals surface area (Å²) in [7, 11) is 0. The molecule has 3 N–H and O–H groups in total. The summed E-state index contributed by atoms with van der Waals surface area (Å²) in [6.45, 7) is 0.953. The fourth-order valence-electron chi connectivity index (χ4n) is 2.28. The molecule has 2 aromatic rings. The van der Waals surface area contributed by atoms with Gasteiger partial charge in [-0.05, 0) is 18.1 Å². The molecule has 116 valence electrons. The van der Waals surface area contributed by atoms with Gasteiger partial charge in [0.1, 0.15) is 0 Å². The lowest BCUT2D eigenvalue weighted by Gasteiger charge is -2.29. The number of amides is 1. The predicted octanol–water partition coefficient (Wildman–Crippen LogP) is 1.68. The van der Waals surface area contributed by atoms with Crippen LogP contribution in [0.4, 0.5) is 0 Å². The van der Waals surface area contributed by atoms with E-state index < -0.39 is 11.5 Å². The van der Waals surface area contributed by atoms with Crippen LogP contribution < -0.4 is 5.32 Å². The summed E-state index contributed by atoms with van der Waals surface area (Å²) < 4.78 is 0. The number of rotatable bonds is 6. The van der Waals surface area contributed by atoms with Gasteiger partial charge in [-0.1, -0.05) is 60.7 Å². The fourth-order valence-corrected chi connectivity index (χ4v) is 2.28. The normalized spacial score (nSPS) is 11.5. The Balaban J connectivity index is 2.35. The first-order valence-electron chi connectivity index (χ1n) is 7.23. The van der Waals surface area contributed by atoms with Crippen LogP contribution in [0.5, 0.6) is 0 Å². The van der Waals surface area contributed by atoms with Gasteiger partial charge in [-0.3, -0.25) is 4.79 Å². The second kappa shape index (κ2) is 7.20. The minimum Gasteiger partial charge on any atom is -0.394 e. The lowest BCUT2D eigenvalue weighted by molar-refractivity contribution is -0.124. The summed E-state index contributed by atoms with van der Waals surface area (Å²) in [4.78, 5) is 12.7. The summed E-state index contributed by atoms with van der Waals surface area (Å²) >= 11 is 0. The molecule has 2 aromatic carbocycles. The van der Waals surface area contributed by atoms with Gasteiger partial charge in [-0.25, -0.2) is 0 Å². The van der Waals surface area contributed by atoms with E-state index in [2.05, 4.69) is 5.32 Å². The van der Waals surface area contributed by atoms with E-state index in [4.69, 9.17) is 0 Å². The Morgan fingerprint density at radius 1 is 0.955 bits per heavy atom. The molecule has 2 rings (SSSR count). The molecule has 0 aliphatic carbocycles. The molecule has 0 saturated carbocycles. The van der Waals surface area contributed by atoms with Crippen molar-refractivity contribution >= 4 is 5.91 Å². The Labute approximate surface area is 130 Å². The van der Waals surface area contributed by atoms with Crippen LogP contribution in [0, 0.1) is 0 Å². The van der Waals surface area contributed by atoms with Crippen molar-refractivity contribution in [3.05, 3.63) is 71.8 Å². The highest BCUT2D eigenvalue weighted by atomic mass is 16.3. The number of carbonyl (C=O) groups is 1. The molecule has 0 spiro atoms. The van der Waals surface area contributed by atoms with Crippen molar-refractivity contribution in [3.8, 4) is 0 Å². The monoisotopic (exact) mass is 299 g/mol. The first-order valence-corrected chi connectivity index (χ1v) is 7.23. The van der Waals surface area contributed by atoms with Crippen LogP contribution >= 0.6 is 0 Å². The first kappa shape index (κ1) is 16.2. The van der Waals surface area contributed by atoms with Crippen molar-refractivity contribution in [1.29, 1.82) is 0 Å². The van der Waals surface area contributed by atoms with Crippen LogP contribution in [-0.2, 0) is 4.79 Å². The third-order valence-corrected chi connectivity index (χ3v) is 3.65. The predicted molar refractivity (Wildman–Crippen MR) is 85.4 cm³/mol. The van der Waals surface area contributed by atoms with Crippen molar-refractivity contribution in [2.24, 2.45) is 0 Å². The zero-order chi connectivity index (χ0) is 16.0. The average molecular weight is 299 g/mol. The molecular weight excluding hydrogens is 278 g/mol. The van der Waals surface area contributed by atoms with E-state index in [0.29, 0.717) is 0 Å². The third-order valence-electron chi connectivity index (χ3n) is 3.65. The van der Waals surface area contributed by atoms with E-state index in [9.17, 15) is 15.0 Å². The van der Waals surface area contributed by atoms with Crippen LogP contribution in [0.2, 0.25) is 0 Å². The molecule has 0 heterocycles. The molecule has 0 aromatic heterocycles. The smallest absolute Gasteiger partial charge is 0.232 e. The Bertz CT molecular complexity index is 555. The average Bonchev–Trinajstić information content (AvgIpc) is 2.57.